The van der Waals surface area contributed by atoms with Crippen molar-refractivity contribution in [2.24, 2.45) is 5.92 Å². The molecule has 0 aromatic carbocycles. The molecule has 0 heterocycles. The zero-order valence-corrected chi connectivity index (χ0v) is 5.55. The molecule has 0 aliphatic heterocycles. The minimum atomic E-state index is 0.268. The molecule has 0 fully saturated rings. The maximum absolute atomic E-state index is 8.41. The van der Waals surface area contributed by atoms with Gasteiger partial charge in [0.05, 0.1) is 0 Å². The molecule has 50 valence electrons. The summed E-state index contributed by atoms with van der Waals surface area (Å²) in [7, 11) is 1.67. The predicted molar refractivity (Wildman–Crippen MR) is 32.7 cm³/mol. The second-order valence-corrected chi connectivity index (χ2v) is 2.07. The third-order valence-corrected chi connectivity index (χ3v) is 1.07. The van der Waals surface area contributed by atoms with Crippen LogP contribution in [0.1, 0.15) is 13.3 Å². The summed E-state index contributed by atoms with van der Waals surface area (Å²) in [4.78, 5) is 0. The molecular weight excluding hydrogens is 104 g/mol. The van der Waals surface area contributed by atoms with Crippen LogP contribution in [-0.2, 0) is 4.74 Å². The first-order chi connectivity index (χ1) is 3.81. The molecule has 8 heavy (non-hydrogen) atoms. The number of aliphatic hydroxyl groups excluding tert-OH is 1. The molecule has 0 spiro atoms. The van der Waals surface area contributed by atoms with Crippen molar-refractivity contribution in [3.8, 4) is 0 Å². The summed E-state index contributed by atoms with van der Waals surface area (Å²) >= 11 is 0. The highest BCUT2D eigenvalue weighted by atomic mass is 16.5. The van der Waals surface area contributed by atoms with Crippen molar-refractivity contribution in [2.45, 2.75) is 13.3 Å². The SMILES string of the molecule is COC[C@H](C)CCO. The molecule has 0 rings (SSSR count). The van der Waals surface area contributed by atoms with Gasteiger partial charge in [-0.1, -0.05) is 6.92 Å². The van der Waals surface area contributed by atoms with E-state index in [9.17, 15) is 0 Å². The normalized spacial score (nSPS) is 13.9. The van der Waals surface area contributed by atoms with Gasteiger partial charge < -0.3 is 9.84 Å². The maximum atomic E-state index is 8.41. The molecule has 2 heteroatoms. The van der Waals surface area contributed by atoms with E-state index in [1.807, 2.05) is 0 Å². The van der Waals surface area contributed by atoms with Crippen LogP contribution < -0.4 is 0 Å². The van der Waals surface area contributed by atoms with Crippen molar-refractivity contribution >= 4 is 0 Å². The molecule has 0 saturated heterocycles. The van der Waals surface area contributed by atoms with Gasteiger partial charge in [0.1, 0.15) is 0 Å². The van der Waals surface area contributed by atoms with E-state index >= 15 is 0 Å². The van der Waals surface area contributed by atoms with Crippen LogP contribution in [0, 0.1) is 5.92 Å². The van der Waals surface area contributed by atoms with Gasteiger partial charge in [-0.15, -0.1) is 0 Å². The lowest BCUT2D eigenvalue weighted by Gasteiger charge is -2.05. The van der Waals surface area contributed by atoms with E-state index < -0.39 is 0 Å². The van der Waals surface area contributed by atoms with E-state index in [1.165, 1.54) is 0 Å². The maximum Gasteiger partial charge on any atom is 0.0488 e. The fourth-order valence-corrected chi connectivity index (χ4v) is 0.588. The second-order valence-electron chi connectivity index (χ2n) is 2.07. The Labute approximate surface area is 50.5 Å². The minimum absolute atomic E-state index is 0.268. The highest BCUT2D eigenvalue weighted by Gasteiger charge is 1.97. The summed E-state index contributed by atoms with van der Waals surface area (Å²) in [6.45, 7) is 3.07. The molecule has 0 unspecified atom stereocenters. The zero-order chi connectivity index (χ0) is 6.41. The molecule has 0 aliphatic rings. The lowest BCUT2D eigenvalue weighted by Crippen LogP contribution is -2.04. The van der Waals surface area contributed by atoms with Crippen LogP contribution >= 0.6 is 0 Å². The zero-order valence-electron chi connectivity index (χ0n) is 5.55. The van der Waals surface area contributed by atoms with Crippen molar-refractivity contribution in [2.75, 3.05) is 20.3 Å². The van der Waals surface area contributed by atoms with Gasteiger partial charge in [0, 0.05) is 20.3 Å². The Kier molecular flexibility index (Phi) is 5.01. The first-order valence-electron chi connectivity index (χ1n) is 2.91. The Bertz CT molecular complexity index is 39.8. The molecule has 1 atom stereocenters. The topological polar surface area (TPSA) is 29.5 Å². The van der Waals surface area contributed by atoms with E-state index in [1.54, 1.807) is 7.11 Å². The minimum Gasteiger partial charge on any atom is -0.396 e. The number of methoxy groups -OCH3 is 1. The van der Waals surface area contributed by atoms with Crippen molar-refractivity contribution in [1.29, 1.82) is 0 Å². The van der Waals surface area contributed by atoms with E-state index in [0.29, 0.717) is 5.92 Å². The van der Waals surface area contributed by atoms with Gasteiger partial charge in [-0.2, -0.15) is 0 Å². The Hall–Kier alpha value is -0.0800. The molecule has 2 nitrogen and oxygen atoms in total. The van der Waals surface area contributed by atoms with Gasteiger partial charge in [0.25, 0.3) is 0 Å². The van der Waals surface area contributed by atoms with Gasteiger partial charge in [-0.3, -0.25) is 0 Å². The summed E-state index contributed by atoms with van der Waals surface area (Å²) in [5, 5.41) is 8.41. The van der Waals surface area contributed by atoms with Gasteiger partial charge in [-0.25, -0.2) is 0 Å². The van der Waals surface area contributed by atoms with Crippen LogP contribution in [0.4, 0.5) is 0 Å². The van der Waals surface area contributed by atoms with Crippen molar-refractivity contribution in [1.82, 2.24) is 0 Å². The Morgan fingerprint density at radius 3 is 2.62 bits per heavy atom. The van der Waals surface area contributed by atoms with Gasteiger partial charge >= 0.3 is 0 Å². The molecular formula is C6H14O2. The lowest BCUT2D eigenvalue weighted by molar-refractivity contribution is 0.141. The first kappa shape index (κ1) is 7.92. The second kappa shape index (κ2) is 5.06. The third kappa shape index (κ3) is 4.09. The number of hydrogen-bond donors (Lipinski definition) is 1. The van der Waals surface area contributed by atoms with Gasteiger partial charge in [0.2, 0.25) is 0 Å². The molecule has 0 bridgehead atoms. The first-order valence-corrected chi connectivity index (χ1v) is 2.91. The van der Waals surface area contributed by atoms with Crippen LogP contribution in [0.3, 0.4) is 0 Å². The van der Waals surface area contributed by atoms with Crippen LogP contribution in [0.5, 0.6) is 0 Å². The standard InChI is InChI=1S/C6H14O2/c1-6(3-4-7)5-8-2/h6-7H,3-5H2,1-2H3/t6-/m1/s1. The summed E-state index contributed by atoms with van der Waals surface area (Å²) in [6, 6.07) is 0. The number of ether oxygens (including phenoxy) is 1. The van der Waals surface area contributed by atoms with Crippen LogP contribution in [0.15, 0.2) is 0 Å². The molecule has 0 aromatic heterocycles. The molecule has 0 aliphatic carbocycles. The Morgan fingerprint density at radius 1 is 1.62 bits per heavy atom. The fraction of sp³-hybridized carbons (Fsp3) is 1.00. The van der Waals surface area contributed by atoms with E-state index in [0.717, 1.165) is 13.0 Å². The predicted octanol–water partition coefficient (Wildman–Crippen LogP) is 0.651. The number of aliphatic hydroxyl groups is 1. The highest BCUT2D eigenvalue weighted by molar-refractivity contribution is 4.47. The smallest absolute Gasteiger partial charge is 0.0488 e. The van der Waals surface area contributed by atoms with Gasteiger partial charge in [-0.05, 0) is 12.3 Å². The largest absolute Gasteiger partial charge is 0.396 e. The summed E-state index contributed by atoms with van der Waals surface area (Å²) in [5.41, 5.74) is 0. The fourth-order valence-electron chi connectivity index (χ4n) is 0.588. The summed E-state index contributed by atoms with van der Waals surface area (Å²) in [6.07, 6.45) is 0.841. The average molecular weight is 118 g/mol. The lowest BCUT2D eigenvalue weighted by atomic mass is 10.1. The molecule has 1 N–H and O–H groups in total. The van der Waals surface area contributed by atoms with Crippen LogP contribution in [-0.4, -0.2) is 25.4 Å². The number of rotatable bonds is 4. The van der Waals surface area contributed by atoms with E-state index in [2.05, 4.69) is 6.92 Å². The monoisotopic (exact) mass is 118 g/mol. The number of hydrogen-bond acceptors (Lipinski definition) is 2. The molecule has 0 aromatic rings. The molecule has 0 radical (unpaired) electrons. The summed E-state index contributed by atoms with van der Waals surface area (Å²) in [5.74, 6) is 0.491. The summed E-state index contributed by atoms with van der Waals surface area (Å²) < 4.78 is 4.85. The van der Waals surface area contributed by atoms with Crippen molar-refractivity contribution in [3.63, 3.8) is 0 Å². The van der Waals surface area contributed by atoms with E-state index in [-0.39, 0.29) is 6.61 Å². The van der Waals surface area contributed by atoms with Crippen LogP contribution in [0.2, 0.25) is 0 Å². The van der Waals surface area contributed by atoms with Crippen LogP contribution in [0.25, 0.3) is 0 Å². The molecule has 0 amide bonds. The van der Waals surface area contributed by atoms with Crippen molar-refractivity contribution in [3.05, 3.63) is 0 Å². The van der Waals surface area contributed by atoms with Crippen molar-refractivity contribution < 1.29 is 9.84 Å². The third-order valence-electron chi connectivity index (χ3n) is 1.07. The van der Waals surface area contributed by atoms with Gasteiger partial charge in [0.15, 0.2) is 0 Å². The Morgan fingerprint density at radius 2 is 2.25 bits per heavy atom. The Balaban J connectivity index is 2.92. The molecule has 0 saturated carbocycles. The van der Waals surface area contributed by atoms with E-state index in [4.69, 9.17) is 9.84 Å². The quantitative estimate of drug-likeness (QED) is 0.587. The average Bonchev–Trinajstić information content (AvgIpc) is 1.68. The highest BCUT2D eigenvalue weighted by Crippen LogP contribution is 1.98.